The molecule has 8 heteroatoms. The zero-order chi connectivity index (χ0) is 14.9. The number of nitrogens with zero attached hydrogens (tertiary/aromatic N) is 1. The maximum atomic E-state index is 11.9. The standard InChI is InChI=1S/C12H19N3O4S/c1-8-3-4-11(19-8)9-6-15(7-10(9)13)12(16)5-14-20(2,17)18/h3-4,9-10,14H,5-7,13H2,1-2H3/t9-,10-/m0/s1. The first-order valence-corrected chi connectivity index (χ1v) is 8.20. The number of sulfonamides is 1. The van der Waals surface area contributed by atoms with Crippen LogP contribution < -0.4 is 10.5 Å². The Balaban J connectivity index is 1.98. The van der Waals surface area contributed by atoms with E-state index in [9.17, 15) is 13.2 Å². The third kappa shape index (κ3) is 3.59. The van der Waals surface area contributed by atoms with E-state index in [4.69, 9.17) is 10.2 Å². The number of hydrogen-bond acceptors (Lipinski definition) is 5. The third-order valence-electron chi connectivity index (χ3n) is 3.33. The number of likely N-dealkylation sites (tertiary alicyclic amines) is 1. The van der Waals surface area contributed by atoms with E-state index in [1.807, 2.05) is 19.1 Å². The van der Waals surface area contributed by atoms with Crippen molar-refractivity contribution in [1.29, 1.82) is 0 Å². The number of aryl methyl sites for hydroxylation is 1. The summed E-state index contributed by atoms with van der Waals surface area (Å²) in [6, 6.07) is 3.52. The van der Waals surface area contributed by atoms with Gasteiger partial charge in [-0.2, -0.15) is 0 Å². The van der Waals surface area contributed by atoms with Crippen LogP contribution in [-0.4, -0.2) is 51.2 Å². The Bertz CT molecular complexity index is 596. The number of carbonyl (C=O) groups is 1. The van der Waals surface area contributed by atoms with Gasteiger partial charge in [0, 0.05) is 19.1 Å². The average molecular weight is 301 g/mol. The number of rotatable bonds is 4. The normalized spacial score (nSPS) is 23.2. The Hall–Kier alpha value is -1.38. The minimum Gasteiger partial charge on any atom is -0.466 e. The highest BCUT2D eigenvalue weighted by Crippen LogP contribution is 2.27. The van der Waals surface area contributed by atoms with Gasteiger partial charge in [-0.1, -0.05) is 0 Å². The molecule has 0 aliphatic carbocycles. The lowest BCUT2D eigenvalue weighted by Gasteiger charge is -2.15. The Morgan fingerprint density at radius 2 is 2.20 bits per heavy atom. The molecule has 7 nitrogen and oxygen atoms in total. The fraction of sp³-hybridized carbons (Fsp3) is 0.583. The SMILES string of the molecule is Cc1ccc([C@H]2CN(C(=O)CNS(C)(=O)=O)C[C@@H]2N)o1. The van der Waals surface area contributed by atoms with Crippen molar-refractivity contribution >= 4 is 15.9 Å². The zero-order valence-corrected chi connectivity index (χ0v) is 12.3. The van der Waals surface area contributed by atoms with Gasteiger partial charge >= 0.3 is 0 Å². The first-order valence-electron chi connectivity index (χ1n) is 6.30. The van der Waals surface area contributed by atoms with Gasteiger partial charge in [0.1, 0.15) is 11.5 Å². The van der Waals surface area contributed by atoms with Gasteiger partial charge in [0.25, 0.3) is 0 Å². The molecule has 20 heavy (non-hydrogen) atoms. The second kappa shape index (κ2) is 5.55. The number of nitrogens with one attached hydrogen (secondary N) is 1. The van der Waals surface area contributed by atoms with Crippen molar-refractivity contribution < 1.29 is 17.6 Å². The van der Waals surface area contributed by atoms with Crippen LogP contribution in [0.2, 0.25) is 0 Å². The van der Waals surface area contributed by atoms with Crippen molar-refractivity contribution in [2.24, 2.45) is 5.73 Å². The molecule has 2 heterocycles. The van der Waals surface area contributed by atoms with Crippen molar-refractivity contribution in [3.63, 3.8) is 0 Å². The summed E-state index contributed by atoms with van der Waals surface area (Å²) in [5.41, 5.74) is 6.04. The van der Waals surface area contributed by atoms with Gasteiger partial charge in [0.2, 0.25) is 15.9 Å². The Labute approximate surface area is 118 Å². The molecule has 0 spiro atoms. The number of carbonyl (C=O) groups excluding carboxylic acids is 1. The molecule has 2 rings (SSSR count). The van der Waals surface area contributed by atoms with Crippen LogP contribution in [0, 0.1) is 6.92 Å². The van der Waals surface area contributed by atoms with Crippen LogP contribution in [0.4, 0.5) is 0 Å². The minimum atomic E-state index is -3.37. The highest BCUT2D eigenvalue weighted by molar-refractivity contribution is 7.88. The number of furan rings is 1. The van der Waals surface area contributed by atoms with Crippen molar-refractivity contribution in [1.82, 2.24) is 9.62 Å². The second-order valence-corrected chi connectivity index (χ2v) is 6.94. The molecule has 0 radical (unpaired) electrons. The minimum absolute atomic E-state index is 0.0501. The lowest BCUT2D eigenvalue weighted by molar-refractivity contribution is -0.128. The smallest absolute Gasteiger partial charge is 0.237 e. The highest BCUT2D eigenvalue weighted by Gasteiger charge is 2.35. The fourth-order valence-corrected chi connectivity index (χ4v) is 2.68. The summed E-state index contributed by atoms with van der Waals surface area (Å²) in [6.07, 6.45) is 1.02. The molecule has 3 N–H and O–H groups in total. The van der Waals surface area contributed by atoms with Crippen molar-refractivity contribution in [2.45, 2.75) is 18.9 Å². The number of hydrogen-bond donors (Lipinski definition) is 2. The van der Waals surface area contributed by atoms with Gasteiger partial charge in [-0.25, -0.2) is 13.1 Å². The maximum absolute atomic E-state index is 11.9. The largest absolute Gasteiger partial charge is 0.466 e. The predicted molar refractivity (Wildman–Crippen MR) is 73.6 cm³/mol. The molecule has 0 unspecified atom stereocenters. The van der Waals surface area contributed by atoms with E-state index in [2.05, 4.69) is 4.72 Å². The second-order valence-electron chi connectivity index (χ2n) is 5.11. The summed E-state index contributed by atoms with van der Waals surface area (Å²) in [5.74, 6) is 1.24. The lowest BCUT2D eigenvalue weighted by Crippen LogP contribution is -2.39. The van der Waals surface area contributed by atoms with Crippen LogP contribution in [0.5, 0.6) is 0 Å². The maximum Gasteiger partial charge on any atom is 0.237 e. The van der Waals surface area contributed by atoms with E-state index >= 15 is 0 Å². The van der Waals surface area contributed by atoms with Gasteiger partial charge < -0.3 is 15.1 Å². The molecule has 1 fully saturated rings. The molecule has 1 saturated heterocycles. The van der Waals surface area contributed by atoms with Crippen LogP contribution in [0.25, 0.3) is 0 Å². The summed E-state index contributed by atoms with van der Waals surface area (Å²) < 4.78 is 29.7. The molecular weight excluding hydrogens is 282 g/mol. The zero-order valence-electron chi connectivity index (χ0n) is 11.5. The first kappa shape index (κ1) is 15.0. The monoisotopic (exact) mass is 301 g/mol. The molecule has 1 aromatic heterocycles. The molecule has 1 aromatic rings. The van der Waals surface area contributed by atoms with Crippen LogP contribution in [0.15, 0.2) is 16.5 Å². The Morgan fingerprint density at radius 1 is 1.50 bits per heavy atom. The van der Waals surface area contributed by atoms with E-state index in [1.165, 1.54) is 0 Å². The summed E-state index contributed by atoms with van der Waals surface area (Å²) >= 11 is 0. The van der Waals surface area contributed by atoms with Gasteiger partial charge in [-0.3, -0.25) is 4.79 Å². The van der Waals surface area contributed by atoms with Gasteiger partial charge in [0.15, 0.2) is 0 Å². The summed E-state index contributed by atoms with van der Waals surface area (Å²) in [5, 5.41) is 0. The molecule has 1 aliphatic heterocycles. The molecule has 0 bridgehead atoms. The predicted octanol–water partition coefficient (Wildman–Crippen LogP) is -0.610. The number of amides is 1. The third-order valence-corrected chi connectivity index (χ3v) is 4.00. The summed E-state index contributed by atoms with van der Waals surface area (Å²) in [4.78, 5) is 13.5. The Morgan fingerprint density at radius 3 is 2.75 bits per heavy atom. The van der Waals surface area contributed by atoms with E-state index in [-0.39, 0.29) is 24.4 Å². The quantitative estimate of drug-likeness (QED) is 0.772. The molecule has 112 valence electrons. The molecule has 1 amide bonds. The van der Waals surface area contributed by atoms with Crippen molar-refractivity contribution in [3.8, 4) is 0 Å². The van der Waals surface area contributed by atoms with E-state index in [0.29, 0.717) is 13.1 Å². The van der Waals surface area contributed by atoms with Crippen LogP contribution in [0.3, 0.4) is 0 Å². The first-order chi connectivity index (χ1) is 9.26. The van der Waals surface area contributed by atoms with E-state index < -0.39 is 10.0 Å². The molecule has 1 aliphatic rings. The lowest BCUT2D eigenvalue weighted by atomic mass is 10.0. The van der Waals surface area contributed by atoms with Crippen LogP contribution in [0.1, 0.15) is 17.4 Å². The van der Waals surface area contributed by atoms with Crippen molar-refractivity contribution in [3.05, 3.63) is 23.7 Å². The summed E-state index contributed by atoms with van der Waals surface area (Å²) in [7, 11) is -3.37. The van der Waals surface area contributed by atoms with Crippen LogP contribution >= 0.6 is 0 Å². The Kier molecular flexibility index (Phi) is 4.17. The number of nitrogens with two attached hydrogens (primary N) is 1. The average Bonchev–Trinajstić information content (AvgIpc) is 2.91. The summed E-state index contributed by atoms with van der Waals surface area (Å²) in [6.45, 7) is 2.45. The molecule has 0 aromatic carbocycles. The molecule has 2 atom stereocenters. The van der Waals surface area contributed by atoms with Gasteiger partial charge in [-0.15, -0.1) is 0 Å². The van der Waals surface area contributed by atoms with Gasteiger partial charge in [0.05, 0.1) is 18.7 Å². The van der Waals surface area contributed by atoms with E-state index in [1.54, 1.807) is 4.90 Å². The fourth-order valence-electron chi connectivity index (χ4n) is 2.29. The highest BCUT2D eigenvalue weighted by atomic mass is 32.2. The molecular formula is C12H19N3O4S. The topological polar surface area (TPSA) is 106 Å². The van der Waals surface area contributed by atoms with Gasteiger partial charge in [-0.05, 0) is 19.1 Å². The molecule has 0 saturated carbocycles. The van der Waals surface area contributed by atoms with E-state index in [0.717, 1.165) is 17.8 Å². The van der Waals surface area contributed by atoms with Crippen molar-refractivity contribution in [2.75, 3.05) is 25.9 Å². The van der Waals surface area contributed by atoms with Crippen LogP contribution in [-0.2, 0) is 14.8 Å².